The Bertz CT molecular complexity index is 1240. The van der Waals surface area contributed by atoms with Crippen LogP contribution >= 0.6 is 0 Å². The first kappa shape index (κ1) is 20.5. The number of pyridine rings is 1. The lowest BCUT2D eigenvalue weighted by molar-refractivity contribution is 0.0955. The van der Waals surface area contributed by atoms with Crippen LogP contribution in [0.15, 0.2) is 30.3 Å². The van der Waals surface area contributed by atoms with E-state index in [1.54, 1.807) is 35.9 Å². The Hall–Kier alpha value is -2.81. The van der Waals surface area contributed by atoms with E-state index < -0.39 is 15.7 Å². The number of nitrogens with zero attached hydrogens (tertiary/aromatic N) is 3. The van der Waals surface area contributed by atoms with Crippen LogP contribution in [0.1, 0.15) is 41.9 Å². The predicted molar refractivity (Wildman–Crippen MR) is 113 cm³/mol. The van der Waals surface area contributed by atoms with Crippen molar-refractivity contribution >= 4 is 26.8 Å². The minimum Gasteiger partial charge on any atom is -0.352 e. The van der Waals surface area contributed by atoms with E-state index in [1.165, 1.54) is 6.07 Å². The molecule has 2 aromatic heterocycles. The highest BCUT2D eigenvalue weighted by atomic mass is 32.2. The Morgan fingerprint density at radius 2 is 2.10 bits per heavy atom. The van der Waals surface area contributed by atoms with E-state index in [4.69, 9.17) is 0 Å². The molecular formula is C21H23FN4O3S. The van der Waals surface area contributed by atoms with Gasteiger partial charge in [-0.3, -0.25) is 4.79 Å². The first-order valence-electron chi connectivity index (χ1n) is 9.94. The van der Waals surface area contributed by atoms with E-state index in [2.05, 4.69) is 15.4 Å². The summed E-state index contributed by atoms with van der Waals surface area (Å²) in [6, 6.07) is 7.45. The van der Waals surface area contributed by atoms with Gasteiger partial charge in [-0.2, -0.15) is 5.10 Å². The van der Waals surface area contributed by atoms with Crippen molar-refractivity contribution in [3.05, 3.63) is 47.4 Å². The van der Waals surface area contributed by atoms with Crippen LogP contribution in [0.25, 0.3) is 22.3 Å². The molecule has 1 aliphatic heterocycles. The zero-order valence-corrected chi connectivity index (χ0v) is 17.7. The number of nitrogens with one attached hydrogen (secondary N) is 1. The van der Waals surface area contributed by atoms with Crippen molar-refractivity contribution in [3.8, 4) is 11.3 Å². The first-order chi connectivity index (χ1) is 14.3. The van der Waals surface area contributed by atoms with E-state index >= 15 is 0 Å². The quantitative estimate of drug-likeness (QED) is 0.671. The maximum Gasteiger partial charge on any atom is 0.252 e. The van der Waals surface area contributed by atoms with Crippen LogP contribution in [0.5, 0.6) is 0 Å². The molecule has 1 atom stereocenters. The Morgan fingerprint density at radius 1 is 1.33 bits per heavy atom. The normalized spacial score (nSPS) is 18.0. The van der Waals surface area contributed by atoms with E-state index in [0.29, 0.717) is 41.0 Å². The third kappa shape index (κ3) is 3.69. The molecule has 0 aliphatic carbocycles. The van der Waals surface area contributed by atoms with Crippen molar-refractivity contribution in [1.29, 1.82) is 0 Å². The molecule has 3 aromatic rings. The Morgan fingerprint density at radius 3 is 2.77 bits per heavy atom. The number of hydrogen-bond donors (Lipinski definition) is 1. The fourth-order valence-electron chi connectivity index (χ4n) is 3.86. The highest BCUT2D eigenvalue weighted by molar-refractivity contribution is 7.91. The SMILES string of the molecule is CCCNC(=O)c1cc(-c2ccccc2F)nc2c1c(C)nn2C1CCS(=O)(=O)C1. The van der Waals surface area contributed by atoms with Crippen molar-refractivity contribution in [3.63, 3.8) is 0 Å². The molecule has 1 saturated heterocycles. The van der Waals surface area contributed by atoms with Gasteiger partial charge in [0.05, 0.1) is 39.9 Å². The summed E-state index contributed by atoms with van der Waals surface area (Å²) < 4.78 is 40.1. The minimum atomic E-state index is -3.14. The minimum absolute atomic E-state index is 0.0216. The van der Waals surface area contributed by atoms with Crippen LogP contribution in [0.2, 0.25) is 0 Å². The predicted octanol–water partition coefficient (Wildman–Crippen LogP) is 3.05. The molecule has 158 valence electrons. The second-order valence-electron chi connectivity index (χ2n) is 7.58. The molecule has 1 N–H and O–H groups in total. The molecule has 0 bridgehead atoms. The first-order valence-corrected chi connectivity index (χ1v) is 11.8. The number of aryl methyl sites for hydroxylation is 1. The lowest BCUT2D eigenvalue weighted by Crippen LogP contribution is -2.24. The average molecular weight is 431 g/mol. The van der Waals surface area contributed by atoms with Crippen LogP contribution in [-0.2, 0) is 9.84 Å². The number of sulfone groups is 1. The van der Waals surface area contributed by atoms with E-state index in [9.17, 15) is 17.6 Å². The molecule has 0 radical (unpaired) electrons. The van der Waals surface area contributed by atoms with Crippen LogP contribution in [0.4, 0.5) is 4.39 Å². The number of rotatable bonds is 5. The summed E-state index contributed by atoms with van der Waals surface area (Å²) in [7, 11) is -3.14. The Balaban J connectivity index is 1.95. The van der Waals surface area contributed by atoms with Crippen LogP contribution < -0.4 is 5.32 Å². The van der Waals surface area contributed by atoms with Crippen molar-refractivity contribution in [2.75, 3.05) is 18.1 Å². The summed E-state index contributed by atoms with van der Waals surface area (Å²) in [4.78, 5) is 17.5. The molecule has 4 rings (SSSR count). The van der Waals surface area contributed by atoms with Crippen LogP contribution in [0, 0.1) is 12.7 Å². The number of amides is 1. The fourth-order valence-corrected chi connectivity index (χ4v) is 5.55. The molecule has 1 aliphatic rings. The molecule has 30 heavy (non-hydrogen) atoms. The van der Waals surface area contributed by atoms with E-state index in [-0.39, 0.29) is 29.0 Å². The third-order valence-electron chi connectivity index (χ3n) is 5.32. The summed E-state index contributed by atoms with van der Waals surface area (Å²) in [5.74, 6) is -0.666. The second-order valence-corrected chi connectivity index (χ2v) is 9.80. The molecule has 1 amide bonds. The third-order valence-corrected chi connectivity index (χ3v) is 7.07. The topological polar surface area (TPSA) is 93.9 Å². The zero-order valence-electron chi connectivity index (χ0n) is 16.9. The smallest absolute Gasteiger partial charge is 0.252 e. The molecule has 1 aromatic carbocycles. The lowest BCUT2D eigenvalue weighted by atomic mass is 10.0. The highest BCUT2D eigenvalue weighted by Gasteiger charge is 2.32. The Labute approximate surface area is 174 Å². The number of carbonyl (C=O) groups excluding carboxylic acids is 1. The van der Waals surface area contributed by atoms with Crippen molar-refractivity contribution < 1.29 is 17.6 Å². The van der Waals surface area contributed by atoms with Crippen molar-refractivity contribution in [2.45, 2.75) is 32.7 Å². The number of benzene rings is 1. The number of halogens is 1. The molecular weight excluding hydrogens is 407 g/mol. The van der Waals surface area contributed by atoms with Gasteiger partial charge in [-0.05, 0) is 38.0 Å². The highest BCUT2D eigenvalue weighted by Crippen LogP contribution is 2.32. The maximum absolute atomic E-state index is 14.5. The monoisotopic (exact) mass is 430 g/mol. The van der Waals surface area contributed by atoms with Gasteiger partial charge in [-0.25, -0.2) is 22.5 Å². The van der Waals surface area contributed by atoms with E-state index in [1.807, 2.05) is 6.92 Å². The molecule has 1 fully saturated rings. The molecule has 9 heteroatoms. The van der Waals surface area contributed by atoms with Gasteiger partial charge in [0.2, 0.25) is 0 Å². The van der Waals surface area contributed by atoms with Crippen molar-refractivity contribution in [2.24, 2.45) is 0 Å². The largest absolute Gasteiger partial charge is 0.352 e. The zero-order chi connectivity index (χ0) is 21.5. The second kappa shape index (κ2) is 7.79. The summed E-state index contributed by atoms with van der Waals surface area (Å²) >= 11 is 0. The van der Waals surface area contributed by atoms with Gasteiger partial charge in [-0.15, -0.1) is 0 Å². The average Bonchev–Trinajstić information content (AvgIpc) is 3.25. The number of hydrogen-bond acceptors (Lipinski definition) is 5. The standard InChI is InChI=1S/C21H23FN4O3S/c1-3-9-23-21(27)16-11-18(15-6-4-5-7-17(15)22)24-20-19(16)13(2)25-26(20)14-8-10-30(28,29)12-14/h4-7,11,14H,3,8-10,12H2,1-2H3,(H,23,27). The summed E-state index contributed by atoms with van der Waals surface area (Å²) in [6.07, 6.45) is 1.21. The van der Waals surface area contributed by atoms with Gasteiger partial charge in [0.1, 0.15) is 5.82 Å². The summed E-state index contributed by atoms with van der Waals surface area (Å²) in [5.41, 5.74) is 1.93. The maximum atomic E-state index is 14.5. The van der Waals surface area contributed by atoms with Gasteiger partial charge in [0.25, 0.3) is 5.91 Å². The molecule has 1 unspecified atom stereocenters. The molecule has 0 spiro atoms. The molecule has 0 saturated carbocycles. The fraction of sp³-hybridized carbons (Fsp3) is 0.381. The molecule has 3 heterocycles. The van der Waals surface area contributed by atoms with Crippen LogP contribution in [0.3, 0.4) is 0 Å². The Kier molecular flexibility index (Phi) is 5.31. The van der Waals surface area contributed by atoms with Crippen molar-refractivity contribution in [1.82, 2.24) is 20.1 Å². The molecule has 7 nitrogen and oxygen atoms in total. The van der Waals surface area contributed by atoms with Gasteiger partial charge >= 0.3 is 0 Å². The van der Waals surface area contributed by atoms with Gasteiger partial charge in [0.15, 0.2) is 15.5 Å². The summed E-state index contributed by atoms with van der Waals surface area (Å²) in [6.45, 7) is 4.23. The van der Waals surface area contributed by atoms with Gasteiger partial charge < -0.3 is 5.32 Å². The summed E-state index contributed by atoms with van der Waals surface area (Å²) in [5, 5.41) is 7.96. The van der Waals surface area contributed by atoms with Crippen LogP contribution in [-0.4, -0.2) is 47.1 Å². The number of fused-ring (bicyclic) bond motifs is 1. The number of carbonyl (C=O) groups is 1. The van der Waals surface area contributed by atoms with Gasteiger partial charge in [0, 0.05) is 12.1 Å². The number of aromatic nitrogens is 3. The van der Waals surface area contributed by atoms with E-state index in [0.717, 1.165) is 6.42 Å². The van der Waals surface area contributed by atoms with Gasteiger partial charge in [-0.1, -0.05) is 19.1 Å². The lowest BCUT2D eigenvalue weighted by Gasteiger charge is -2.12.